The van der Waals surface area contributed by atoms with Gasteiger partial charge in [-0.05, 0) is 49.7 Å². The monoisotopic (exact) mass is 395 g/mol. The average Bonchev–Trinajstić information content (AvgIpc) is 3.19. The highest BCUT2D eigenvalue weighted by atomic mass is 19.1. The predicted octanol–water partition coefficient (Wildman–Crippen LogP) is 3.03. The maximum Gasteiger partial charge on any atom is 0.272 e. The van der Waals surface area contributed by atoms with E-state index in [4.69, 9.17) is 0 Å². The van der Waals surface area contributed by atoms with Gasteiger partial charge in [0.15, 0.2) is 5.69 Å². The van der Waals surface area contributed by atoms with Gasteiger partial charge in [-0.1, -0.05) is 18.2 Å². The number of unbranched alkanes of at least 4 members (excludes halogenated alkanes) is 1. The van der Waals surface area contributed by atoms with Gasteiger partial charge >= 0.3 is 0 Å². The summed E-state index contributed by atoms with van der Waals surface area (Å²) in [6.07, 6.45) is 1.98. The van der Waals surface area contributed by atoms with Crippen LogP contribution in [0.1, 0.15) is 23.3 Å². The molecule has 7 heteroatoms. The molecule has 1 amide bonds. The third-order valence-electron chi connectivity index (χ3n) is 5.44. The molecular weight excluding hydrogens is 369 g/mol. The van der Waals surface area contributed by atoms with Gasteiger partial charge in [0.2, 0.25) is 0 Å². The van der Waals surface area contributed by atoms with E-state index in [-0.39, 0.29) is 11.7 Å². The van der Waals surface area contributed by atoms with Crippen molar-refractivity contribution in [3.63, 3.8) is 0 Å². The number of hydrogen-bond acceptors (Lipinski definition) is 4. The number of benzene rings is 2. The van der Waals surface area contributed by atoms with Crippen LogP contribution < -0.4 is 10.2 Å². The van der Waals surface area contributed by atoms with Crippen LogP contribution >= 0.6 is 0 Å². The van der Waals surface area contributed by atoms with E-state index < -0.39 is 0 Å². The van der Waals surface area contributed by atoms with Gasteiger partial charge in [0.1, 0.15) is 5.82 Å². The van der Waals surface area contributed by atoms with E-state index in [0.29, 0.717) is 12.2 Å². The number of anilines is 1. The molecule has 2 heterocycles. The van der Waals surface area contributed by atoms with Gasteiger partial charge in [0, 0.05) is 43.8 Å². The fraction of sp³-hybridized carbons (Fsp3) is 0.364. The zero-order valence-corrected chi connectivity index (χ0v) is 16.4. The van der Waals surface area contributed by atoms with E-state index in [1.165, 1.54) is 12.1 Å². The molecule has 0 aliphatic carbocycles. The third-order valence-corrected chi connectivity index (χ3v) is 5.44. The summed E-state index contributed by atoms with van der Waals surface area (Å²) < 4.78 is 13.1. The van der Waals surface area contributed by atoms with Crippen LogP contribution in [0.25, 0.3) is 10.9 Å². The molecule has 29 heavy (non-hydrogen) atoms. The summed E-state index contributed by atoms with van der Waals surface area (Å²) in [5.41, 5.74) is 2.41. The molecule has 2 aromatic carbocycles. The molecule has 0 atom stereocenters. The predicted molar refractivity (Wildman–Crippen MR) is 113 cm³/mol. The molecule has 3 aromatic rings. The van der Waals surface area contributed by atoms with E-state index in [0.717, 1.165) is 62.2 Å². The summed E-state index contributed by atoms with van der Waals surface area (Å²) in [5.74, 6) is -0.324. The van der Waals surface area contributed by atoms with Crippen LogP contribution in [0.3, 0.4) is 0 Å². The first-order valence-electron chi connectivity index (χ1n) is 10.1. The van der Waals surface area contributed by atoms with Crippen molar-refractivity contribution in [1.29, 1.82) is 0 Å². The zero-order valence-electron chi connectivity index (χ0n) is 16.4. The summed E-state index contributed by atoms with van der Waals surface area (Å²) in [4.78, 5) is 17.1. The molecule has 2 N–H and O–H groups in total. The smallest absolute Gasteiger partial charge is 0.272 e. The van der Waals surface area contributed by atoms with Crippen LogP contribution in [0.2, 0.25) is 0 Å². The second kappa shape index (κ2) is 9.05. The molecule has 0 unspecified atom stereocenters. The van der Waals surface area contributed by atoms with Gasteiger partial charge in [-0.15, -0.1) is 0 Å². The van der Waals surface area contributed by atoms with Crippen molar-refractivity contribution in [2.75, 3.05) is 44.2 Å². The number of nitrogens with zero attached hydrogens (tertiary/aromatic N) is 3. The van der Waals surface area contributed by atoms with Crippen LogP contribution in [-0.4, -0.2) is 60.3 Å². The molecule has 0 radical (unpaired) electrons. The Morgan fingerprint density at radius 3 is 2.59 bits per heavy atom. The minimum Gasteiger partial charge on any atom is -0.369 e. The van der Waals surface area contributed by atoms with E-state index in [9.17, 15) is 9.18 Å². The van der Waals surface area contributed by atoms with Crippen molar-refractivity contribution in [3.05, 3.63) is 60.0 Å². The Morgan fingerprint density at radius 1 is 1.03 bits per heavy atom. The topological polar surface area (TPSA) is 64.3 Å². The third kappa shape index (κ3) is 4.74. The molecule has 1 saturated heterocycles. The molecule has 0 saturated carbocycles. The Kier molecular flexibility index (Phi) is 6.05. The fourth-order valence-corrected chi connectivity index (χ4v) is 3.76. The number of para-hydroxylation sites is 1. The van der Waals surface area contributed by atoms with E-state index >= 15 is 0 Å². The molecule has 4 rings (SSSR count). The van der Waals surface area contributed by atoms with Gasteiger partial charge < -0.3 is 10.2 Å². The zero-order chi connectivity index (χ0) is 20.1. The van der Waals surface area contributed by atoms with Crippen molar-refractivity contribution in [1.82, 2.24) is 20.4 Å². The number of aromatic nitrogens is 2. The number of piperazine rings is 1. The number of carbonyl (C=O) groups is 1. The van der Waals surface area contributed by atoms with Crippen molar-refractivity contribution < 1.29 is 9.18 Å². The molecule has 1 fully saturated rings. The highest BCUT2D eigenvalue weighted by Gasteiger charge is 2.17. The highest BCUT2D eigenvalue weighted by Crippen LogP contribution is 2.17. The second-order valence-electron chi connectivity index (χ2n) is 7.39. The molecule has 1 aromatic heterocycles. The number of hydrogen-bond donors (Lipinski definition) is 2. The lowest BCUT2D eigenvalue weighted by atomic mass is 10.2. The minimum absolute atomic E-state index is 0.129. The first-order valence-corrected chi connectivity index (χ1v) is 10.1. The number of halogens is 1. The standard InChI is InChI=1S/C22H26FN5O/c23-17-7-9-18(10-8-17)28-15-13-27(14-16-28)12-4-3-11-24-22(29)21-19-5-1-2-6-20(19)25-26-21/h1-2,5-10H,3-4,11-16H2,(H,24,29)(H,25,26). The highest BCUT2D eigenvalue weighted by molar-refractivity contribution is 6.04. The lowest BCUT2D eigenvalue weighted by Crippen LogP contribution is -2.46. The molecule has 6 nitrogen and oxygen atoms in total. The number of nitrogens with one attached hydrogen (secondary N) is 2. The van der Waals surface area contributed by atoms with E-state index in [1.807, 2.05) is 36.4 Å². The number of rotatable bonds is 7. The Labute approximate surface area is 169 Å². The largest absolute Gasteiger partial charge is 0.369 e. The maximum absolute atomic E-state index is 13.1. The van der Waals surface area contributed by atoms with Gasteiger partial charge in [-0.2, -0.15) is 5.10 Å². The molecular formula is C22H26FN5O. The number of aromatic amines is 1. The summed E-state index contributed by atoms with van der Waals surface area (Å²) >= 11 is 0. The van der Waals surface area contributed by atoms with Crippen LogP contribution in [-0.2, 0) is 0 Å². The van der Waals surface area contributed by atoms with Crippen LogP contribution in [0.4, 0.5) is 10.1 Å². The lowest BCUT2D eigenvalue weighted by molar-refractivity contribution is 0.0949. The summed E-state index contributed by atoms with van der Waals surface area (Å²) in [6.45, 7) is 5.59. The Bertz CT molecular complexity index is 947. The SMILES string of the molecule is O=C(NCCCCN1CCN(c2ccc(F)cc2)CC1)c1n[nH]c2ccccc12. The molecule has 1 aliphatic rings. The van der Waals surface area contributed by atoms with Crippen LogP contribution in [0.15, 0.2) is 48.5 Å². The van der Waals surface area contributed by atoms with Crippen molar-refractivity contribution in [2.24, 2.45) is 0 Å². The van der Waals surface area contributed by atoms with Crippen molar-refractivity contribution >= 4 is 22.5 Å². The summed E-state index contributed by atoms with van der Waals surface area (Å²) in [5, 5.41) is 10.8. The maximum atomic E-state index is 13.1. The first kappa shape index (κ1) is 19.4. The van der Waals surface area contributed by atoms with Gasteiger partial charge in [-0.3, -0.25) is 14.8 Å². The molecule has 152 valence electrons. The van der Waals surface area contributed by atoms with Crippen molar-refractivity contribution in [3.8, 4) is 0 Å². The summed E-state index contributed by atoms with van der Waals surface area (Å²) in [6, 6.07) is 14.4. The molecule has 0 bridgehead atoms. The average molecular weight is 395 g/mol. The number of fused-ring (bicyclic) bond motifs is 1. The van der Waals surface area contributed by atoms with Crippen LogP contribution in [0.5, 0.6) is 0 Å². The van der Waals surface area contributed by atoms with Crippen molar-refractivity contribution in [2.45, 2.75) is 12.8 Å². The Hall–Kier alpha value is -2.93. The second-order valence-corrected chi connectivity index (χ2v) is 7.39. The Balaban J connectivity index is 1.14. The minimum atomic E-state index is -0.194. The van der Waals surface area contributed by atoms with Gasteiger partial charge in [-0.25, -0.2) is 4.39 Å². The van der Waals surface area contributed by atoms with Crippen LogP contribution in [0, 0.1) is 5.82 Å². The number of amides is 1. The van der Waals surface area contributed by atoms with Gasteiger partial charge in [0.25, 0.3) is 5.91 Å². The van der Waals surface area contributed by atoms with E-state index in [1.54, 1.807) is 0 Å². The quantitative estimate of drug-likeness (QED) is 0.604. The molecule has 0 spiro atoms. The normalized spacial score (nSPS) is 15.0. The summed E-state index contributed by atoms with van der Waals surface area (Å²) in [7, 11) is 0. The fourth-order valence-electron chi connectivity index (χ4n) is 3.76. The Morgan fingerprint density at radius 2 is 1.79 bits per heavy atom. The molecule has 1 aliphatic heterocycles. The lowest BCUT2D eigenvalue weighted by Gasteiger charge is -2.36. The number of H-pyrrole nitrogens is 1. The van der Waals surface area contributed by atoms with E-state index in [2.05, 4.69) is 25.3 Å². The van der Waals surface area contributed by atoms with Gasteiger partial charge in [0.05, 0.1) is 5.52 Å². The first-order chi connectivity index (χ1) is 14.2. The number of carbonyl (C=O) groups excluding carboxylic acids is 1.